The minimum atomic E-state index is -6.13. The Balaban J connectivity index is 0.00000900. The van der Waals surface area contributed by atoms with Gasteiger partial charge in [0.15, 0.2) is 0 Å². The second kappa shape index (κ2) is 14.9. The molecule has 0 aliphatic rings. The van der Waals surface area contributed by atoms with Crippen LogP contribution in [0.2, 0.25) is 0 Å². The molecule has 0 aliphatic carbocycles. The summed E-state index contributed by atoms with van der Waals surface area (Å²) in [6.07, 6.45) is -54.8. The van der Waals surface area contributed by atoms with Crippen LogP contribution in [-0.2, 0) is 69.5 Å². The number of benzene rings is 4. The van der Waals surface area contributed by atoms with E-state index in [4.69, 9.17) is 0 Å². The van der Waals surface area contributed by atoms with Gasteiger partial charge in [0.25, 0.3) is 0 Å². The molecule has 0 amide bonds. The van der Waals surface area contributed by atoms with Gasteiger partial charge in [0.2, 0.25) is 0 Å². The molecule has 26 heteroatoms. The van der Waals surface area contributed by atoms with E-state index in [0.29, 0.717) is 0 Å². The SMILES string of the molecule is FC(F)(F)c1cc([B-](c2cc(C(F)(F)F)cc(C(F)(F)F)c2)(c2cc(C(F)(F)F)cc(C(F)(F)F)c2)c2cc(C(F)(F)F)cc(C(F)(F)F)c2)cc(C(F)(F)F)c1.[Ir+]. The third-order valence-corrected chi connectivity index (χ3v) is 8.44. The average Bonchev–Trinajstić information content (AvgIpc) is 3.01. The molecule has 0 heterocycles. The van der Waals surface area contributed by atoms with Crippen LogP contribution in [0.1, 0.15) is 44.5 Å². The Bertz CT molecular complexity index is 1700. The molecule has 0 aliphatic heterocycles. The standard InChI is InChI=1S/C32H12BF24.Ir/c34-25(35,36)13-1-14(26(37,38)39)6-21(5-13)33(22-7-15(27(40,41)42)2-16(8-22)28(43,44)45,23-9-17(29(46,47)48)3-18(10-23)30(49,50)51)24-11-19(31(52,53)54)4-20(12-24)32(55,56)57;/h1-12H;/q-1;+1. The van der Waals surface area contributed by atoms with Crippen molar-refractivity contribution in [3.05, 3.63) is 117 Å². The van der Waals surface area contributed by atoms with Crippen LogP contribution in [0.5, 0.6) is 0 Å². The van der Waals surface area contributed by atoms with Gasteiger partial charge in [0, 0.05) is 0 Å². The van der Waals surface area contributed by atoms with Gasteiger partial charge in [-0.25, -0.2) is 0 Å². The van der Waals surface area contributed by atoms with E-state index in [-0.39, 0.29) is 20.1 Å². The molecule has 0 aromatic heterocycles. The van der Waals surface area contributed by atoms with E-state index in [0.717, 1.165) is 0 Å². The Morgan fingerprint density at radius 3 is 0.397 bits per heavy atom. The third-order valence-electron chi connectivity index (χ3n) is 8.44. The zero-order chi connectivity index (χ0) is 43.9. The second-order valence-corrected chi connectivity index (χ2v) is 12.2. The Morgan fingerprint density at radius 1 is 0.207 bits per heavy atom. The van der Waals surface area contributed by atoms with Gasteiger partial charge in [0.05, 0.1) is 44.5 Å². The van der Waals surface area contributed by atoms with Crippen molar-refractivity contribution in [2.75, 3.05) is 0 Å². The summed E-state index contributed by atoms with van der Waals surface area (Å²) in [4.78, 5) is 0. The molecule has 4 aromatic carbocycles. The van der Waals surface area contributed by atoms with Crippen LogP contribution >= 0.6 is 0 Å². The Labute approximate surface area is 320 Å². The van der Waals surface area contributed by atoms with Gasteiger partial charge < -0.3 is 0 Å². The molecule has 0 bridgehead atoms. The Hall–Kier alpha value is -4.09. The summed E-state index contributed by atoms with van der Waals surface area (Å²) in [5.41, 5.74) is -30.2. The maximum absolute atomic E-state index is 14.2. The fraction of sp³-hybridized carbons (Fsp3) is 0.250. The fourth-order valence-electron chi connectivity index (χ4n) is 6.07. The molecular formula is C32H12BF24Ir. The number of rotatable bonds is 4. The molecule has 0 unspecified atom stereocenters. The van der Waals surface area contributed by atoms with Crippen LogP contribution in [0.4, 0.5) is 105 Å². The van der Waals surface area contributed by atoms with Gasteiger partial charge in [-0.05, 0) is 24.3 Å². The van der Waals surface area contributed by atoms with Crippen LogP contribution in [-0.4, -0.2) is 6.15 Å². The van der Waals surface area contributed by atoms with Gasteiger partial charge in [0.1, 0.15) is 6.15 Å². The van der Waals surface area contributed by atoms with E-state index < -0.39 is 195 Å². The Kier molecular flexibility index (Phi) is 12.4. The number of halogens is 24. The molecule has 0 nitrogen and oxygen atoms in total. The average molecular weight is 1060 g/mol. The van der Waals surface area contributed by atoms with Crippen LogP contribution < -0.4 is 21.9 Å². The zero-order valence-corrected chi connectivity index (χ0v) is 29.3. The van der Waals surface area contributed by atoms with Gasteiger partial charge in [-0.3, -0.25) is 0 Å². The molecular weight excluding hydrogens is 1040 g/mol. The first-order chi connectivity index (χ1) is 25.3. The van der Waals surface area contributed by atoms with Crippen molar-refractivity contribution in [2.24, 2.45) is 0 Å². The minimum Gasteiger partial charge on any atom is -0.194 e. The monoisotopic (exact) mass is 1060 g/mol. The van der Waals surface area contributed by atoms with Crippen LogP contribution in [0.25, 0.3) is 0 Å². The molecule has 0 atom stereocenters. The largest absolute Gasteiger partial charge is 1.00 e. The van der Waals surface area contributed by atoms with Gasteiger partial charge in [-0.15, -0.1) is 0 Å². The van der Waals surface area contributed by atoms with Crippen molar-refractivity contribution in [2.45, 2.75) is 49.4 Å². The summed E-state index contributed by atoms with van der Waals surface area (Å²) < 4.78 is 341. The van der Waals surface area contributed by atoms with E-state index in [1.54, 1.807) is 0 Å². The van der Waals surface area contributed by atoms with Gasteiger partial charge in [-0.1, -0.05) is 48.5 Å². The molecule has 4 rings (SSSR count). The molecule has 0 fully saturated rings. The van der Waals surface area contributed by atoms with E-state index in [1.807, 2.05) is 0 Å². The van der Waals surface area contributed by atoms with Crippen LogP contribution in [0.3, 0.4) is 0 Å². The second-order valence-electron chi connectivity index (χ2n) is 12.2. The molecule has 0 N–H and O–H groups in total. The normalized spacial score (nSPS) is 14.1. The van der Waals surface area contributed by atoms with Crippen LogP contribution in [0.15, 0.2) is 72.8 Å². The maximum atomic E-state index is 14.2. The van der Waals surface area contributed by atoms with Crippen molar-refractivity contribution >= 4 is 28.0 Å². The maximum Gasteiger partial charge on any atom is 1.00 e. The molecule has 0 radical (unpaired) electrons. The summed E-state index contributed by atoms with van der Waals surface area (Å²) in [5.74, 6) is 0. The first-order valence-corrected chi connectivity index (χ1v) is 14.6. The smallest absolute Gasteiger partial charge is 0.194 e. The molecule has 0 saturated heterocycles. The summed E-state index contributed by atoms with van der Waals surface area (Å²) in [6.45, 7) is 0. The molecule has 58 heavy (non-hydrogen) atoms. The number of hydrogen-bond acceptors (Lipinski definition) is 0. The minimum absolute atomic E-state index is 0. The molecule has 0 spiro atoms. The Morgan fingerprint density at radius 2 is 0.310 bits per heavy atom. The van der Waals surface area contributed by atoms with E-state index in [2.05, 4.69) is 0 Å². The van der Waals surface area contributed by atoms with E-state index in [1.165, 1.54) is 0 Å². The predicted molar refractivity (Wildman–Crippen MR) is 150 cm³/mol. The van der Waals surface area contributed by atoms with Crippen molar-refractivity contribution in [3.8, 4) is 0 Å². The van der Waals surface area contributed by atoms with Crippen molar-refractivity contribution in [1.82, 2.24) is 0 Å². The molecule has 320 valence electrons. The predicted octanol–water partition coefficient (Wildman–Crippen LogP) is 11.2. The van der Waals surface area contributed by atoms with Crippen molar-refractivity contribution in [3.63, 3.8) is 0 Å². The summed E-state index contributed by atoms with van der Waals surface area (Å²) >= 11 is 0. The molecule has 4 aromatic rings. The van der Waals surface area contributed by atoms with Crippen LogP contribution in [0, 0.1) is 0 Å². The van der Waals surface area contributed by atoms with E-state index >= 15 is 0 Å². The number of alkyl halides is 24. The first-order valence-electron chi connectivity index (χ1n) is 14.6. The van der Waals surface area contributed by atoms with Gasteiger partial charge in [-0.2, -0.15) is 127 Å². The summed E-state index contributed by atoms with van der Waals surface area (Å²) in [6, 6.07) is -8.81. The van der Waals surface area contributed by atoms with Crippen molar-refractivity contribution < 1.29 is 125 Å². The van der Waals surface area contributed by atoms with Crippen molar-refractivity contribution in [1.29, 1.82) is 0 Å². The quantitative estimate of drug-likeness (QED) is 0.141. The fourth-order valence-corrected chi connectivity index (χ4v) is 6.07. The molecule has 0 saturated carbocycles. The topological polar surface area (TPSA) is 0 Å². The third kappa shape index (κ3) is 10.0. The summed E-state index contributed by atoms with van der Waals surface area (Å²) in [5, 5.41) is 0. The summed E-state index contributed by atoms with van der Waals surface area (Å²) in [7, 11) is 0. The zero-order valence-electron chi connectivity index (χ0n) is 26.9. The van der Waals surface area contributed by atoms with Gasteiger partial charge >= 0.3 is 69.5 Å². The van der Waals surface area contributed by atoms with E-state index in [9.17, 15) is 105 Å². The number of hydrogen-bond donors (Lipinski definition) is 0. The first kappa shape index (κ1) is 48.3.